The van der Waals surface area contributed by atoms with Crippen LogP contribution in [0.5, 0.6) is 0 Å². The van der Waals surface area contributed by atoms with E-state index < -0.39 is 10.0 Å². The predicted octanol–water partition coefficient (Wildman–Crippen LogP) is 2.83. The SMILES string of the molecule is CCCc1ccc(Cl)c(S(=O)(=O)N2CCC(N)CC2)c1.Cl. The second-order valence-electron chi connectivity index (χ2n) is 5.26. The smallest absolute Gasteiger partial charge is 0.244 e. The van der Waals surface area contributed by atoms with Crippen LogP contribution in [0.2, 0.25) is 5.02 Å². The van der Waals surface area contributed by atoms with Gasteiger partial charge in [0, 0.05) is 19.1 Å². The fourth-order valence-electron chi connectivity index (χ4n) is 2.44. The summed E-state index contributed by atoms with van der Waals surface area (Å²) >= 11 is 6.10. The summed E-state index contributed by atoms with van der Waals surface area (Å²) in [5.41, 5.74) is 6.83. The van der Waals surface area contributed by atoms with Crippen LogP contribution in [0, 0.1) is 0 Å². The summed E-state index contributed by atoms with van der Waals surface area (Å²) in [5, 5.41) is 0.291. The number of hydrogen-bond donors (Lipinski definition) is 1. The van der Waals surface area contributed by atoms with Gasteiger partial charge >= 0.3 is 0 Å². The van der Waals surface area contributed by atoms with Gasteiger partial charge in [-0.2, -0.15) is 4.31 Å². The molecule has 0 aromatic heterocycles. The maximum absolute atomic E-state index is 12.7. The molecule has 1 aliphatic heterocycles. The van der Waals surface area contributed by atoms with E-state index in [1.165, 1.54) is 4.31 Å². The molecule has 1 fully saturated rings. The zero-order chi connectivity index (χ0) is 14.8. The van der Waals surface area contributed by atoms with Gasteiger partial charge in [0.2, 0.25) is 10.0 Å². The van der Waals surface area contributed by atoms with Crippen LogP contribution in [0.1, 0.15) is 31.7 Å². The minimum atomic E-state index is -3.51. The van der Waals surface area contributed by atoms with Gasteiger partial charge in [0.15, 0.2) is 0 Å². The molecule has 2 N–H and O–H groups in total. The zero-order valence-corrected chi connectivity index (χ0v) is 14.5. The van der Waals surface area contributed by atoms with Crippen LogP contribution >= 0.6 is 24.0 Å². The summed E-state index contributed by atoms with van der Waals surface area (Å²) in [5.74, 6) is 0. The van der Waals surface area contributed by atoms with Crippen molar-refractivity contribution in [1.29, 1.82) is 0 Å². The molecular formula is C14H22Cl2N2O2S. The van der Waals surface area contributed by atoms with Gasteiger partial charge in [-0.15, -0.1) is 12.4 Å². The molecule has 1 aliphatic rings. The minimum Gasteiger partial charge on any atom is -0.328 e. The Labute approximate surface area is 138 Å². The predicted molar refractivity (Wildman–Crippen MR) is 88.7 cm³/mol. The number of nitrogens with zero attached hydrogens (tertiary/aromatic N) is 1. The van der Waals surface area contributed by atoms with Crippen molar-refractivity contribution in [1.82, 2.24) is 4.31 Å². The van der Waals surface area contributed by atoms with E-state index >= 15 is 0 Å². The molecule has 120 valence electrons. The summed E-state index contributed by atoms with van der Waals surface area (Å²) in [6, 6.07) is 5.37. The van der Waals surface area contributed by atoms with Gasteiger partial charge in [0.1, 0.15) is 4.90 Å². The van der Waals surface area contributed by atoms with Crippen LogP contribution in [0.4, 0.5) is 0 Å². The average molecular weight is 353 g/mol. The second kappa shape index (κ2) is 7.79. The van der Waals surface area contributed by atoms with Gasteiger partial charge in [0.05, 0.1) is 5.02 Å². The number of sulfonamides is 1. The third-order valence-corrected chi connectivity index (χ3v) is 6.03. The van der Waals surface area contributed by atoms with Gasteiger partial charge in [-0.1, -0.05) is 31.0 Å². The first kappa shape index (κ1) is 18.7. The molecule has 0 amide bonds. The van der Waals surface area contributed by atoms with E-state index in [0.717, 1.165) is 18.4 Å². The third-order valence-electron chi connectivity index (χ3n) is 3.65. The van der Waals surface area contributed by atoms with Crippen molar-refractivity contribution >= 4 is 34.0 Å². The molecule has 0 unspecified atom stereocenters. The Morgan fingerprint density at radius 3 is 2.52 bits per heavy atom. The fourth-order valence-corrected chi connectivity index (χ4v) is 4.44. The Morgan fingerprint density at radius 1 is 1.33 bits per heavy atom. The lowest BCUT2D eigenvalue weighted by Gasteiger charge is -2.29. The maximum atomic E-state index is 12.7. The summed E-state index contributed by atoms with van der Waals surface area (Å²) in [6.07, 6.45) is 3.22. The van der Waals surface area contributed by atoms with Crippen LogP contribution in [0.15, 0.2) is 23.1 Å². The van der Waals surface area contributed by atoms with Crippen LogP contribution in [-0.4, -0.2) is 31.9 Å². The van der Waals surface area contributed by atoms with Crippen LogP contribution in [0.25, 0.3) is 0 Å². The lowest BCUT2D eigenvalue weighted by Crippen LogP contribution is -2.42. The molecule has 2 rings (SSSR count). The molecule has 0 aliphatic carbocycles. The third kappa shape index (κ3) is 4.33. The van der Waals surface area contributed by atoms with Gasteiger partial charge in [-0.05, 0) is 37.0 Å². The molecule has 1 saturated heterocycles. The number of halogens is 2. The minimum absolute atomic E-state index is 0. The molecule has 7 heteroatoms. The standard InChI is InChI=1S/C14H21ClN2O2S.ClH/c1-2-3-11-4-5-13(15)14(10-11)20(18,19)17-8-6-12(16)7-9-17;/h4-5,10,12H,2-3,6-9,16H2,1H3;1H. The first-order chi connectivity index (χ1) is 9.45. The molecule has 0 saturated carbocycles. The van der Waals surface area contributed by atoms with E-state index in [2.05, 4.69) is 6.92 Å². The van der Waals surface area contributed by atoms with Crippen LogP contribution in [-0.2, 0) is 16.4 Å². The number of rotatable bonds is 4. The Kier molecular flexibility index (Phi) is 6.94. The molecule has 1 aromatic rings. The molecule has 0 radical (unpaired) electrons. The molecule has 0 atom stereocenters. The van der Waals surface area contributed by atoms with E-state index in [1.54, 1.807) is 12.1 Å². The Morgan fingerprint density at radius 2 is 1.95 bits per heavy atom. The van der Waals surface area contributed by atoms with Crippen LogP contribution in [0.3, 0.4) is 0 Å². The second-order valence-corrected chi connectivity index (χ2v) is 7.57. The first-order valence-electron chi connectivity index (χ1n) is 6.99. The number of aryl methyl sites for hydroxylation is 1. The van der Waals surface area contributed by atoms with E-state index in [0.29, 0.717) is 31.0 Å². The molecule has 0 bridgehead atoms. The molecule has 4 nitrogen and oxygen atoms in total. The number of piperidine rings is 1. The lowest BCUT2D eigenvalue weighted by atomic mass is 10.1. The van der Waals surface area contributed by atoms with Crippen molar-refractivity contribution in [2.45, 2.75) is 43.5 Å². The van der Waals surface area contributed by atoms with Gasteiger partial charge < -0.3 is 5.73 Å². The number of nitrogens with two attached hydrogens (primary N) is 1. The molecule has 1 aromatic carbocycles. The highest BCUT2D eigenvalue weighted by molar-refractivity contribution is 7.89. The maximum Gasteiger partial charge on any atom is 0.244 e. The van der Waals surface area contributed by atoms with Crippen molar-refractivity contribution in [3.63, 3.8) is 0 Å². The first-order valence-corrected chi connectivity index (χ1v) is 8.81. The Hall–Kier alpha value is -0.330. The highest BCUT2D eigenvalue weighted by Crippen LogP contribution is 2.28. The van der Waals surface area contributed by atoms with Crippen molar-refractivity contribution in [2.24, 2.45) is 5.73 Å². The van der Waals surface area contributed by atoms with E-state index in [-0.39, 0.29) is 23.3 Å². The van der Waals surface area contributed by atoms with Crippen molar-refractivity contribution < 1.29 is 8.42 Å². The van der Waals surface area contributed by atoms with Gasteiger partial charge in [-0.3, -0.25) is 0 Å². The number of benzene rings is 1. The molecule has 1 heterocycles. The monoisotopic (exact) mass is 352 g/mol. The summed E-state index contributed by atoms with van der Waals surface area (Å²) in [7, 11) is -3.51. The highest BCUT2D eigenvalue weighted by Gasteiger charge is 2.29. The molecule has 0 spiro atoms. The average Bonchev–Trinajstić information content (AvgIpc) is 2.41. The number of hydrogen-bond acceptors (Lipinski definition) is 3. The van der Waals surface area contributed by atoms with E-state index in [1.807, 2.05) is 6.07 Å². The van der Waals surface area contributed by atoms with E-state index in [9.17, 15) is 8.42 Å². The van der Waals surface area contributed by atoms with Crippen molar-refractivity contribution in [3.05, 3.63) is 28.8 Å². The summed E-state index contributed by atoms with van der Waals surface area (Å²) in [6.45, 7) is 3.00. The Bertz CT molecular complexity index is 570. The molecular weight excluding hydrogens is 331 g/mol. The summed E-state index contributed by atoms with van der Waals surface area (Å²) in [4.78, 5) is 0.223. The highest BCUT2D eigenvalue weighted by atomic mass is 35.5. The van der Waals surface area contributed by atoms with Gasteiger partial charge in [-0.25, -0.2) is 8.42 Å². The summed E-state index contributed by atoms with van der Waals surface area (Å²) < 4.78 is 26.8. The normalized spacial score (nSPS) is 17.5. The quantitative estimate of drug-likeness (QED) is 0.905. The lowest BCUT2D eigenvalue weighted by molar-refractivity contribution is 0.320. The zero-order valence-electron chi connectivity index (χ0n) is 12.1. The van der Waals surface area contributed by atoms with Crippen molar-refractivity contribution in [2.75, 3.05) is 13.1 Å². The van der Waals surface area contributed by atoms with Crippen LogP contribution < -0.4 is 5.73 Å². The topological polar surface area (TPSA) is 63.4 Å². The van der Waals surface area contributed by atoms with E-state index in [4.69, 9.17) is 17.3 Å². The van der Waals surface area contributed by atoms with Crippen molar-refractivity contribution in [3.8, 4) is 0 Å². The van der Waals surface area contributed by atoms with Gasteiger partial charge in [0.25, 0.3) is 0 Å². The Balaban J connectivity index is 0.00000220. The largest absolute Gasteiger partial charge is 0.328 e. The molecule has 21 heavy (non-hydrogen) atoms. The fraction of sp³-hybridized carbons (Fsp3) is 0.571.